The molecule has 0 atom stereocenters. The maximum atomic E-state index is 9.66. The van der Waals surface area contributed by atoms with Crippen molar-refractivity contribution in [1.29, 1.82) is 0 Å². The Hall–Kier alpha value is -1.79. The molecule has 0 spiro atoms. The summed E-state index contributed by atoms with van der Waals surface area (Å²) in [6.07, 6.45) is 5.17. The van der Waals surface area contributed by atoms with Gasteiger partial charge in [0.15, 0.2) is 0 Å². The van der Waals surface area contributed by atoms with Gasteiger partial charge in [0, 0.05) is 17.1 Å². The molecular formula is C17H20N4OS. The molecule has 1 saturated carbocycles. The largest absolute Gasteiger partial charge is 0.393 e. The topological polar surface area (TPSA) is 70.9 Å². The summed E-state index contributed by atoms with van der Waals surface area (Å²) in [5, 5.41) is 14.4. The average Bonchev–Trinajstić information content (AvgIpc) is 2.89. The van der Waals surface area contributed by atoms with Crippen LogP contribution in [0.25, 0.3) is 20.4 Å². The molecule has 0 aromatic carbocycles. The first-order chi connectivity index (χ1) is 11.1. The minimum atomic E-state index is -0.141. The van der Waals surface area contributed by atoms with Gasteiger partial charge in [-0.3, -0.25) is 0 Å². The molecule has 120 valence electrons. The van der Waals surface area contributed by atoms with Gasteiger partial charge in [-0.15, -0.1) is 11.3 Å². The molecule has 1 aliphatic carbocycles. The number of aryl methyl sites for hydroxylation is 2. The third-order valence-electron chi connectivity index (χ3n) is 4.59. The normalized spacial score (nSPS) is 21.9. The number of aliphatic hydroxyl groups is 1. The summed E-state index contributed by atoms with van der Waals surface area (Å²) in [5.74, 6) is 0.899. The van der Waals surface area contributed by atoms with E-state index in [1.165, 1.54) is 5.56 Å². The Balaban J connectivity index is 1.77. The Morgan fingerprint density at radius 2 is 1.96 bits per heavy atom. The second kappa shape index (κ2) is 5.69. The van der Waals surface area contributed by atoms with E-state index in [2.05, 4.69) is 33.3 Å². The van der Waals surface area contributed by atoms with E-state index in [0.29, 0.717) is 6.04 Å². The molecule has 3 aromatic heterocycles. The van der Waals surface area contributed by atoms with Gasteiger partial charge in [0.1, 0.15) is 17.0 Å². The summed E-state index contributed by atoms with van der Waals surface area (Å²) in [5.41, 5.74) is 3.23. The Kier molecular flexibility index (Phi) is 3.66. The maximum absolute atomic E-state index is 9.66. The molecule has 5 nitrogen and oxygen atoms in total. The minimum absolute atomic E-state index is 0.141. The highest BCUT2D eigenvalue weighted by Gasteiger charge is 2.21. The minimum Gasteiger partial charge on any atom is -0.393 e. The van der Waals surface area contributed by atoms with Crippen LogP contribution in [0.15, 0.2) is 12.4 Å². The van der Waals surface area contributed by atoms with E-state index in [1.807, 2.05) is 6.92 Å². The van der Waals surface area contributed by atoms with Crippen LogP contribution in [0.4, 0.5) is 5.82 Å². The van der Waals surface area contributed by atoms with Crippen molar-refractivity contribution in [2.24, 2.45) is 0 Å². The highest BCUT2D eigenvalue weighted by molar-refractivity contribution is 7.26. The summed E-state index contributed by atoms with van der Waals surface area (Å²) >= 11 is 1.66. The van der Waals surface area contributed by atoms with Crippen LogP contribution in [0.5, 0.6) is 0 Å². The van der Waals surface area contributed by atoms with Gasteiger partial charge in [-0.05, 0) is 51.2 Å². The van der Waals surface area contributed by atoms with Gasteiger partial charge in [0.25, 0.3) is 0 Å². The molecule has 2 N–H and O–H groups in total. The average molecular weight is 328 g/mol. The molecule has 6 heteroatoms. The molecule has 0 aliphatic heterocycles. The number of rotatable bonds is 2. The van der Waals surface area contributed by atoms with Gasteiger partial charge in [-0.2, -0.15) is 0 Å². The van der Waals surface area contributed by atoms with Crippen molar-refractivity contribution in [2.75, 3.05) is 5.32 Å². The number of nitrogens with zero attached hydrogens (tertiary/aromatic N) is 3. The lowest BCUT2D eigenvalue weighted by atomic mass is 9.93. The Morgan fingerprint density at radius 3 is 2.74 bits per heavy atom. The lowest BCUT2D eigenvalue weighted by molar-refractivity contribution is 0.126. The molecular weight excluding hydrogens is 308 g/mol. The first kappa shape index (κ1) is 14.8. The van der Waals surface area contributed by atoms with Crippen molar-refractivity contribution >= 4 is 37.6 Å². The number of aliphatic hydroxyl groups excluding tert-OH is 1. The number of fused-ring (bicyclic) bond motifs is 3. The first-order valence-electron chi connectivity index (χ1n) is 8.08. The Labute approximate surface area is 138 Å². The maximum Gasteiger partial charge on any atom is 0.147 e. The predicted octanol–water partition coefficient (Wildman–Crippen LogP) is 3.57. The molecule has 0 saturated heterocycles. The first-order valence-corrected chi connectivity index (χ1v) is 8.89. The lowest BCUT2D eigenvalue weighted by Gasteiger charge is -2.26. The number of nitrogens with one attached hydrogen (secondary N) is 1. The highest BCUT2D eigenvalue weighted by atomic mass is 32.1. The molecule has 0 radical (unpaired) electrons. The van der Waals surface area contributed by atoms with E-state index in [0.717, 1.165) is 57.6 Å². The monoisotopic (exact) mass is 328 g/mol. The molecule has 3 heterocycles. The van der Waals surface area contributed by atoms with Crippen molar-refractivity contribution in [3.05, 3.63) is 23.7 Å². The number of hydrogen-bond acceptors (Lipinski definition) is 6. The molecule has 3 aromatic rings. The van der Waals surface area contributed by atoms with E-state index < -0.39 is 0 Å². The fraction of sp³-hybridized carbons (Fsp3) is 0.471. The van der Waals surface area contributed by atoms with Crippen molar-refractivity contribution < 1.29 is 5.11 Å². The van der Waals surface area contributed by atoms with Crippen molar-refractivity contribution in [1.82, 2.24) is 15.0 Å². The predicted molar refractivity (Wildman–Crippen MR) is 94.1 cm³/mol. The van der Waals surface area contributed by atoms with Crippen LogP contribution in [0, 0.1) is 13.8 Å². The van der Waals surface area contributed by atoms with Crippen LogP contribution in [0.1, 0.15) is 36.9 Å². The summed E-state index contributed by atoms with van der Waals surface area (Å²) in [6, 6.07) is 2.48. The second-order valence-electron chi connectivity index (χ2n) is 6.41. The summed E-state index contributed by atoms with van der Waals surface area (Å²) in [7, 11) is 0. The number of anilines is 1. The highest BCUT2D eigenvalue weighted by Crippen LogP contribution is 2.37. The molecule has 1 aliphatic rings. The number of thiophene rings is 1. The molecule has 4 rings (SSSR count). The third kappa shape index (κ3) is 2.66. The number of pyridine rings is 1. The van der Waals surface area contributed by atoms with E-state index in [9.17, 15) is 5.11 Å². The van der Waals surface area contributed by atoms with Crippen molar-refractivity contribution in [3.63, 3.8) is 0 Å². The van der Waals surface area contributed by atoms with E-state index in [4.69, 9.17) is 0 Å². The zero-order chi connectivity index (χ0) is 16.0. The smallest absolute Gasteiger partial charge is 0.147 e. The fourth-order valence-corrected chi connectivity index (χ4v) is 4.63. The van der Waals surface area contributed by atoms with Crippen molar-refractivity contribution in [3.8, 4) is 0 Å². The van der Waals surface area contributed by atoms with Crippen LogP contribution in [-0.2, 0) is 0 Å². The zero-order valence-electron chi connectivity index (χ0n) is 13.3. The van der Waals surface area contributed by atoms with Gasteiger partial charge in [0.2, 0.25) is 0 Å². The van der Waals surface area contributed by atoms with Crippen molar-refractivity contribution in [2.45, 2.75) is 51.7 Å². The van der Waals surface area contributed by atoms with Gasteiger partial charge in [-0.25, -0.2) is 15.0 Å². The van der Waals surface area contributed by atoms with Crippen LogP contribution >= 0.6 is 11.3 Å². The van der Waals surface area contributed by atoms with Gasteiger partial charge in [-0.1, -0.05) is 0 Å². The van der Waals surface area contributed by atoms with Crippen LogP contribution in [0.2, 0.25) is 0 Å². The van der Waals surface area contributed by atoms with Crippen LogP contribution in [-0.4, -0.2) is 32.2 Å². The van der Waals surface area contributed by atoms with Gasteiger partial charge in [0.05, 0.1) is 16.3 Å². The molecule has 1 fully saturated rings. The van der Waals surface area contributed by atoms with Gasteiger partial charge >= 0.3 is 0 Å². The SMILES string of the molecule is Cc1cc(C)c2c(n1)sc1c(NC3CCC(O)CC3)ncnc12. The Bertz CT molecular complexity index is 868. The standard InChI is InChI=1S/C17H20N4OS/c1-9-7-10(2)20-17-13(9)14-15(23-17)16(19-8-18-14)21-11-3-5-12(22)6-4-11/h7-8,11-12,22H,3-6H2,1-2H3,(H,18,19,21). The summed E-state index contributed by atoms with van der Waals surface area (Å²) in [4.78, 5) is 14.7. The van der Waals surface area contributed by atoms with Crippen LogP contribution in [0.3, 0.4) is 0 Å². The number of aromatic nitrogens is 3. The van der Waals surface area contributed by atoms with Crippen LogP contribution < -0.4 is 5.32 Å². The molecule has 23 heavy (non-hydrogen) atoms. The molecule has 0 amide bonds. The van der Waals surface area contributed by atoms with E-state index in [-0.39, 0.29) is 6.10 Å². The zero-order valence-corrected chi connectivity index (χ0v) is 14.2. The second-order valence-corrected chi connectivity index (χ2v) is 7.41. The van der Waals surface area contributed by atoms with E-state index in [1.54, 1.807) is 17.7 Å². The van der Waals surface area contributed by atoms with E-state index >= 15 is 0 Å². The molecule has 0 unspecified atom stereocenters. The summed E-state index contributed by atoms with van der Waals surface area (Å²) in [6.45, 7) is 4.13. The van der Waals surface area contributed by atoms with Gasteiger partial charge < -0.3 is 10.4 Å². The quantitative estimate of drug-likeness (QED) is 0.752. The number of hydrogen-bond donors (Lipinski definition) is 2. The lowest BCUT2D eigenvalue weighted by Crippen LogP contribution is -2.28. The Morgan fingerprint density at radius 1 is 1.17 bits per heavy atom. The fourth-order valence-electron chi connectivity index (χ4n) is 3.43. The summed E-state index contributed by atoms with van der Waals surface area (Å²) < 4.78 is 1.08. The molecule has 0 bridgehead atoms. The third-order valence-corrected chi connectivity index (χ3v) is 5.67.